The highest BCUT2D eigenvalue weighted by Gasteiger charge is 2.27. The van der Waals surface area contributed by atoms with Crippen molar-refractivity contribution in [2.24, 2.45) is 5.73 Å². The molecule has 2 aromatic carbocycles. The van der Waals surface area contributed by atoms with Gasteiger partial charge in [-0.15, -0.1) is 0 Å². The Bertz CT molecular complexity index is 1120. The number of nitrogens with one attached hydrogen (secondary N) is 1. The molecule has 0 saturated heterocycles. The van der Waals surface area contributed by atoms with Gasteiger partial charge in [-0.3, -0.25) is 9.52 Å². The van der Waals surface area contributed by atoms with Gasteiger partial charge < -0.3 is 25.6 Å². The average molecular weight is 492 g/mol. The summed E-state index contributed by atoms with van der Waals surface area (Å²) in [5.74, 6) is -0.0859. The number of benzene rings is 2. The van der Waals surface area contributed by atoms with Gasteiger partial charge in [0.15, 0.2) is 0 Å². The summed E-state index contributed by atoms with van der Waals surface area (Å²) in [7, 11) is -2.05. The van der Waals surface area contributed by atoms with Crippen molar-refractivity contribution in [3.63, 3.8) is 0 Å². The van der Waals surface area contributed by atoms with Gasteiger partial charge in [0.05, 0.1) is 31.6 Å². The second kappa shape index (κ2) is 11.0. The average Bonchev–Trinajstić information content (AvgIpc) is 2.78. The van der Waals surface area contributed by atoms with Gasteiger partial charge >= 0.3 is 0 Å². The molecule has 0 spiro atoms. The molecule has 1 aliphatic carbocycles. The summed E-state index contributed by atoms with van der Waals surface area (Å²) in [6.45, 7) is 0.214. The summed E-state index contributed by atoms with van der Waals surface area (Å²) in [5, 5.41) is 21.2. The third-order valence-electron chi connectivity index (χ3n) is 6.05. The maximum absolute atomic E-state index is 11.8. The lowest BCUT2D eigenvalue weighted by Crippen LogP contribution is -2.40. The van der Waals surface area contributed by atoms with E-state index in [1.54, 1.807) is 19.2 Å². The lowest BCUT2D eigenvalue weighted by Gasteiger charge is -2.38. The Morgan fingerprint density at radius 1 is 1.21 bits per heavy atom. The van der Waals surface area contributed by atoms with Crippen LogP contribution in [0, 0.1) is 0 Å². The Morgan fingerprint density at radius 2 is 1.91 bits per heavy atom. The van der Waals surface area contributed by atoms with Gasteiger partial charge in [-0.1, -0.05) is 25.3 Å². The maximum atomic E-state index is 11.8. The highest BCUT2D eigenvalue weighted by molar-refractivity contribution is 7.92. The Labute approximate surface area is 200 Å². The summed E-state index contributed by atoms with van der Waals surface area (Å²) >= 11 is 0. The van der Waals surface area contributed by atoms with Gasteiger partial charge in [-0.05, 0) is 54.3 Å². The molecule has 0 bridgehead atoms. The number of methoxy groups -OCH3 is 1. The minimum atomic E-state index is -3.61. The number of carbonyl (C=O) groups excluding carboxylic acids is 1. The van der Waals surface area contributed by atoms with Gasteiger partial charge in [0.1, 0.15) is 11.5 Å². The molecular formula is C24H33N3O6S. The van der Waals surface area contributed by atoms with Crippen LogP contribution in [0.5, 0.6) is 11.5 Å². The number of hydrogen-bond acceptors (Lipinski definition) is 7. The van der Waals surface area contributed by atoms with Crippen LogP contribution in [-0.2, 0) is 21.2 Å². The number of phenolic OH excluding ortho intramolecular Hbond substituents is 1. The van der Waals surface area contributed by atoms with Crippen LogP contribution in [0.2, 0.25) is 0 Å². The predicted molar refractivity (Wildman–Crippen MR) is 132 cm³/mol. The first kappa shape index (κ1) is 25.6. The number of carbonyl (C=O) groups is 1. The van der Waals surface area contributed by atoms with Crippen molar-refractivity contribution < 1.29 is 28.2 Å². The molecule has 1 unspecified atom stereocenters. The first-order valence-corrected chi connectivity index (χ1v) is 13.2. The number of phenols is 1. The zero-order chi connectivity index (χ0) is 24.9. The summed E-state index contributed by atoms with van der Waals surface area (Å²) in [6, 6.07) is 9.99. The first-order chi connectivity index (χ1) is 16.1. The molecule has 1 aliphatic rings. The van der Waals surface area contributed by atoms with E-state index >= 15 is 0 Å². The van der Waals surface area contributed by atoms with Crippen LogP contribution in [0.4, 0.5) is 11.4 Å². The molecule has 34 heavy (non-hydrogen) atoms. The molecule has 5 N–H and O–H groups in total. The van der Waals surface area contributed by atoms with E-state index in [2.05, 4.69) is 9.62 Å². The van der Waals surface area contributed by atoms with Crippen LogP contribution in [0.25, 0.3) is 0 Å². The minimum Gasteiger partial charge on any atom is -0.506 e. The third-order valence-corrected chi connectivity index (χ3v) is 6.64. The largest absolute Gasteiger partial charge is 0.506 e. The normalized spacial score (nSPS) is 15.5. The number of nitrogens with two attached hydrogens (primary N) is 1. The van der Waals surface area contributed by atoms with Gasteiger partial charge in [-0.25, -0.2) is 8.42 Å². The van der Waals surface area contributed by atoms with Crippen molar-refractivity contribution in [2.45, 2.75) is 50.7 Å². The summed E-state index contributed by atoms with van der Waals surface area (Å²) in [5.41, 5.74) is 7.49. The number of hydrogen-bond donors (Lipinski definition) is 4. The minimum absolute atomic E-state index is 0.00197. The molecule has 9 nitrogen and oxygen atoms in total. The smallest absolute Gasteiger partial charge is 0.229 e. The van der Waals surface area contributed by atoms with Crippen LogP contribution in [-0.4, -0.2) is 50.5 Å². The van der Waals surface area contributed by atoms with E-state index in [1.165, 1.54) is 12.1 Å². The number of aliphatic hydroxyl groups is 1. The fraction of sp³-hybridized carbons (Fsp3) is 0.458. The maximum Gasteiger partial charge on any atom is 0.229 e. The van der Waals surface area contributed by atoms with Crippen LogP contribution in [0.15, 0.2) is 36.4 Å². The van der Waals surface area contributed by atoms with E-state index in [0.29, 0.717) is 11.3 Å². The van der Waals surface area contributed by atoms with Crippen molar-refractivity contribution in [1.29, 1.82) is 0 Å². The number of amides is 1. The molecule has 0 radical (unpaired) electrons. The number of rotatable bonds is 10. The number of aromatic hydroxyl groups is 1. The van der Waals surface area contributed by atoms with Crippen LogP contribution in [0.1, 0.15) is 49.3 Å². The van der Waals surface area contributed by atoms with E-state index in [4.69, 9.17) is 10.5 Å². The monoisotopic (exact) mass is 491 g/mol. The highest BCUT2D eigenvalue weighted by Crippen LogP contribution is 2.35. The topological polar surface area (TPSA) is 142 Å². The van der Waals surface area contributed by atoms with Crippen molar-refractivity contribution in [3.8, 4) is 11.5 Å². The standard InChI is InChI=1S/C24H33N3O6S/c1-33-19-9-10-21(17(12-19)14-24(25)30)27(18-6-4-3-5-7-18)15-23(29)16-8-11-22(28)20(13-16)26-34(2,31)32/h8-13,18,23,26,28-29H,3-7,14-15H2,1-2H3,(H2,25,30). The molecule has 0 aliphatic heterocycles. The van der Waals surface area contributed by atoms with Crippen LogP contribution >= 0.6 is 0 Å². The molecule has 0 aromatic heterocycles. The quantitative estimate of drug-likeness (QED) is 0.374. The second-order valence-electron chi connectivity index (χ2n) is 8.75. The van der Waals surface area contributed by atoms with Gasteiger partial charge in [0.25, 0.3) is 0 Å². The van der Waals surface area contributed by atoms with Crippen molar-refractivity contribution in [1.82, 2.24) is 0 Å². The lowest BCUT2D eigenvalue weighted by atomic mass is 9.92. The number of ether oxygens (including phenoxy) is 1. The molecule has 0 heterocycles. The molecule has 1 fully saturated rings. The summed E-state index contributed by atoms with van der Waals surface area (Å²) < 4.78 is 30.9. The third kappa shape index (κ3) is 6.77. The molecule has 1 saturated carbocycles. The number of aliphatic hydroxyl groups excluding tert-OH is 1. The van der Waals surface area contributed by atoms with Gasteiger partial charge in [0.2, 0.25) is 15.9 Å². The van der Waals surface area contributed by atoms with E-state index in [0.717, 1.165) is 49.6 Å². The number of sulfonamides is 1. The van der Waals surface area contributed by atoms with E-state index in [9.17, 15) is 23.4 Å². The molecule has 1 amide bonds. The van der Waals surface area contributed by atoms with E-state index < -0.39 is 22.0 Å². The molecule has 2 aromatic rings. The fourth-order valence-electron chi connectivity index (χ4n) is 4.47. The zero-order valence-corrected chi connectivity index (χ0v) is 20.3. The fourth-order valence-corrected chi connectivity index (χ4v) is 5.03. The van der Waals surface area contributed by atoms with E-state index in [1.807, 2.05) is 12.1 Å². The first-order valence-electron chi connectivity index (χ1n) is 11.3. The van der Waals surface area contributed by atoms with Crippen LogP contribution < -0.4 is 20.1 Å². The Morgan fingerprint density at radius 3 is 2.53 bits per heavy atom. The van der Waals surface area contributed by atoms with Crippen molar-refractivity contribution in [3.05, 3.63) is 47.5 Å². The summed E-state index contributed by atoms with van der Waals surface area (Å²) in [4.78, 5) is 13.9. The highest BCUT2D eigenvalue weighted by atomic mass is 32.2. The number of nitrogens with zero attached hydrogens (tertiary/aromatic N) is 1. The molecule has 186 valence electrons. The number of anilines is 2. The van der Waals surface area contributed by atoms with Gasteiger partial charge in [-0.2, -0.15) is 0 Å². The van der Waals surface area contributed by atoms with Crippen molar-refractivity contribution in [2.75, 3.05) is 29.5 Å². The van der Waals surface area contributed by atoms with Gasteiger partial charge in [0, 0.05) is 18.3 Å². The summed E-state index contributed by atoms with van der Waals surface area (Å²) in [6.07, 6.45) is 5.24. The van der Waals surface area contributed by atoms with E-state index in [-0.39, 0.29) is 30.4 Å². The number of primary amides is 1. The lowest BCUT2D eigenvalue weighted by molar-refractivity contribution is -0.117. The zero-order valence-electron chi connectivity index (χ0n) is 19.5. The molecular weight excluding hydrogens is 458 g/mol. The Balaban J connectivity index is 1.97. The van der Waals surface area contributed by atoms with Crippen molar-refractivity contribution >= 4 is 27.3 Å². The Hall–Kier alpha value is -2.98. The molecule has 3 rings (SSSR count). The second-order valence-corrected chi connectivity index (χ2v) is 10.5. The molecule has 1 atom stereocenters. The Kier molecular flexibility index (Phi) is 8.27. The van der Waals surface area contributed by atoms with Crippen LogP contribution in [0.3, 0.4) is 0 Å². The SMILES string of the molecule is COc1ccc(N(CC(O)c2ccc(O)c(NS(C)(=O)=O)c2)C2CCCCC2)c(CC(N)=O)c1. The molecule has 10 heteroatoms. The predicted octanol–water partition coefficient (Wildman–Crippen LogP) is 2.67.